The molecular weight excluding hydrogens is 1760 g/mol. The van der Waals surface area contributed by atoms with E-state index in [0.717, 1.165) is 348 Å². The number of hydrogen-bond donors (Lipinski definition) is 4. The highest BCUT2D eigenvalue weighted by atomic mass is 16.5. The van der Waals surface area contributed by atoms with Crippen molar-refractivity contribution in [1.29, 1.82) is 0 Å². The maximum Gasteiger partial charge on any atom is 0.216 e. The molecule has 8 aliphatic rings. The van der Waals surface area contributed by atoms with Gasteiger partial charge in [0.2, 0.25) is 23.5 Å². The lowest BCUT2D eigenvalue weighted by molar-refractivity contribution is 0.0248. The summed E-state index contributed by atoms with van der Waals surface area (Å²) in [4.78, 5) is 75.1. The number of benzene rings is 4. The second kappa shape index (κ2) is 41.8. The summed E-state index contributed by atoms with van der Waals surface area (Å²) in [5.41, 5.74) is 23.5. The second-order valence-electron chi connectivity index (χ2n) is 37.1. The Kier molecular flexibility index (Phi) is 27.4. The van der Waals surface area contributed by atoms with Crippen LogP contribution in [0.1, 0.15) is 68.7 Å². The van der Waals surface area contributed by atoms with Gasteiger partial charge in [0.1, 0.15) is 5.75 Å². The van der Waals surface area contributed by atoms with E-state index in [-0.39, 0.29) is 6.10 Å². The number of anilines is 12. The van der Waals surface area contributed by atoms with Crippen molar-refractivity contribution in [3.63, 3.8) is 0 Å². The first-order valence-corrected chi connectivity index (χ1v) is 49.0. The molecule has 0 saturated carbocycles. The van der Waals surface area contributed by atoms with E-state index >= 15 is 0 Å². The number of piperazine rings is 3. The minimum atomic E-state index is 0.219. The van der Waals surface area contributed by atoms with Crippen LogP contribution in [0.15, 0.2) is 214 Å². The van der Waals surface area contributed by atoms with Gasteiger partial charge in [-0.1, -0.05) is 6.92 Å². The molecule has 1 atom stereocenters. The largest absolute Gasteiger partial charge is 0.495 e. The summed E-state index contributed by atoms with van der Waals surface area (Å²) in [5, 5.41) is 13.9. The van der Waals surface area contributed by atoms with Crippen molar-refractivity contribution in [2.24, 2.45) is 0 Å². The smallest absolute Gasteiger partial charge is 0.216 e. The number of ether oxygens (including phenoxy) is 6. The minimum absolute atomic E-state index is 0.219. The van der Waals surface area contributed by atoms with Crippen molar-refractivity contribution in [1.82, 2.24) is 97.0 Å². The third-order valence-electron chi connectivity index (χ3n) is 27.0. The van der Waals surface area contributed by atoms with Gasteiger partial charge < -0.3 is 102 Å². The highest BCUT2D eigenvalue weighted by Crippen LogP contribution is 2.39. The molecule has 20 heterocycles. The predicted octanol–water partition coefficient (Wildman–Crippen LogP) is 15.6. The van der Waals surface area contributed by atoms with Crippen LogP contribution >= 0.6 is 0 Å². The number of fused-ring (bicyclic) bond motifs is 8. The lowest BCUT2D eigenvalue weighted by Gasteiger charge is -2.38. The van der Waals surface area contributed by atoms with E-state index in [2.05, 4.69) is 251 Å². The standard InChI is InChI=1S/2C27H31N7O2.C27H31N7O.C25H27N7O/c1-32(2)16-23-17-33(11-13-35-23)22-7-5-21(6-8-22)30-25-26-28-9-10-34(26)18-24(31-25)20-14-19-4-3-12-36-27(19)29-15-20;1-3-32-10-12-33(13-11-32)23-7-6-21(16-24(23)35-2)30-25-26-28-8-9-34(26)18-22(31-25)20-15-19-5-4-14-36-27(19)29-17-20;1-19(2)32-11-13-33(14-12-32)23-7-5-22(6-8-23)30-25-26-28-9-10-34(26)18-24(31-25)21-16-20-4-3-15-35-27(20)29-17-21;1-30-10-12-31(13-11-30)21-6-4-20(5-7-21)28-23-24-26-8-9-32(24)17-22(29-23)19-15-18-3-2-14-33-25(18)27-16-19/h5-10,14-15,18,23H,3-4,11-13,16-17H2,1-2H3,(H,30,31);6-9,15-18H,3-5,10-14H2,1-2H3,(H,30,31);5-10,16-19H,3-4,11-15H2,1-2H3,(H,30,31);4-9,15-17H,2-3,10-14H2,1H3,(H,28,29)/t23-;;;/m1.../s1. The van der Waals surface area contributed by atoms with Crippen LogP contribution in [-0.2, 0) is 30.4 Å². The van der Waals surface area contributed by atoms with Crippen molar-refractivity contribution in [2.45, 2.75) is 84.3 Å². The topological polar surface area (TPSA) is 302 Å². The zero-order valence-electron chi connectivity index (χ0n) is 80.6. The van der Waals surface area contributed by atoms with Gasteiger partial charge in [0.25, 0.3) is 0 Å². The molecule has 0 radical (unpaired) electrons. The van der Waals surface area contributed by atoms with Gasteiger partial charge in [-0.05, 0) is 202 Å². The number of likely N-dealkylation sites (N-methyl/N-ethyl adjacent to an activating group) is 3. The van der Waals surface area contributed by atoms with Gasteiger partial charge >= 0.3 is 0 Å². The summed E-state index contributed by atoms with van der Waals surface area (Å²) in [7, 11) is 8.07. The number of nitrogens with zero attached hydrogens (tertiary/aromatic N) is 24. The van der Waals surface area contributed by atoms with E-state index in [9.17, 15) is 0 Å². The number of methoxy groups -OCH3 is 1. The van der Waals surface area contributed by atoms with Crippen LogP contribution in [0.25, 0.3) is 67.6 Å². The van der Waals surface area contributed by atoms with Crippen LogP contribution in [0.3, 0.4) is 0 Å². The fraction of sp³-hybridized carbons (Fsp3) is 0.358. The average molecular weight is 1880 g/mol. The molecule has 0 spiro atoms. The zero-order chi connectivity index (χ0) is 94.9. The third-order valence-corrected chi connectivity index (χ3v) is 27.0. The summed E-state index contributed by atoms with van der Waals surface area (Å²) >= 11 is 0. The fourth-order valence-electron chi connectivity index (χ4n) is 19.3. The Morgan fingerprint density at radius 3 is 1.10 bits per heavy atom. The van der Waals surface area contributed by atoms with Gasteiger partial charge in [-0.3, -0.25) is 4.90 Å². The number of aryl methyl sites for hydroxylation is 4. The second-order valence-corrected chi connectivity index (χ2v) is 37.1. The average Bonchev–Trinajstić information content (AvgIpc) is 1.70. The van der Waals surface area contributed by atoms with Crippen LogP contribution in [0, 0.1) is 0 Å². The van der Waals surface area contributed by atoms with Crippen molar-refractivity contribution >= 4 is 91.4 Å². The Morgan fingerprint density at radius 1 is 0.393 bits per heavy atom. The zero-order valence-corrected chi connectivity index (χ0v) is 80.6. The van der Waals surface area contributed by atoms with Gasteiger partial charge in [-0.25, -0.2) is 59.8 Å². The number of morpholine rings is 1. The lowest BCUT2D eigenvalue weighted by Crippen LogP contribution is -2.48. The van der Waals surface area contributed by atoms with Crippen LogP contribution in [0.2, 0.25) is 0 Å². The van der Waals surface area contributed by atoms with Crippen molar-refractivity contribution < 1.29 is 28.4 Å². The molecule has 12 aromatic heterocycles. The van der Waals surface area contributed by atoms with Crippen LogP contribution in [0.5, 0.6) is 29.3 Å². The molecule has 140 heavy (non-hydrogen) atoms. The number of hydrogen-bond acceptors (Lipinski definition) is 30. The Labute approximate surface area is 814 Å². The highest BCUT2D eigenvalue weighted by molar-refractivity contribution is 5.80. The molecule has 4 N–H and O–H groups in total. The molecule has 0 unspecified atom stereocenters. The number of pyridine rings is 4. The third kappa shape index (κ3) is 21.0. The first-order valence-electron chi connectivity index (χ1n) is 49.0. The molecule has 0 bridgehead atoms. The number of rotatable bonds is 21. The Bertz CT molecular complexity index is 6990. The molecule has 0 amide bonds. The summed E-state index contributed by atoms with van der Waals surface area (Å²) in [6.45, 7) is 27.0. The van der Waals surface area contributed by atoms with Gasteiger partial charge in [-0.2, -0.15) is 0 Å². The SMILES string of the molecule is CC(C)N1CCN(c2ccc(Nc3nc(-c4cnc5c(c4)CCCO5)cn4ccnc34)cc2)CC1.CCN1CCN(c2ccc(Nc3nc(-c4cnc5c(c4)CCCO5)cn4ccnc34)cc2OC)CC1.CN(C)C[C@@H]1CN(c2ccc(Nc3nc(-c4cnc5c(c4)CCCO5)cn4ccnc34)cc2)CCO1.CN1CCN(c2ccc(Nc3nc(-c4cnc5c(c4)CCCO5)cn4ccnc34)cc2)CC1. The number of imidazole rings is 4. The van der Waals surface area contributed by atoms with Crippen molar-refractivity contribution in [2.75, 3.05) is 207 Å². The predicted molar refractivity (Wildman–Crippen MR) is 549 cm³/mol. The molecular formula is C106H120N28O6. The summed E-state index contributed by atoms with van der Waals surface area (Å²) in [6, 6.07) is 41.1. The first-order chi connectivity index (χ1) is 68.7. The normalized spacial score (nSPS) is 16.6. The fourth-order valence-corrected chi connectivity index (χ4v) is 19.3. The Hall–Kier alpha value is -14.8. The van der Waals surface area contributed by atoms with Gasteiger partial charge in [0.05, 0.1) is 74.7 Å². The minimum Gasteiger partial charge on any atom is -0.495 e. The summed E-state index contributed by atoms with van der Waals surface area (Å²) in [6.07, 6.45) is 38.4. The van der Waals surface area contributed by atoms with E-state index < -0.39 is 0 Å². The summed E-state index contributed by atoms with van der Waals surface area (Å²) in [5.74, 6) is 6.63. The molecule has 16 aromatic rings. The maximum atomic E-state index is 5.93. The molecule has 34 heteroatoms. The van der Waals surface area contributed by atoms with Crippen LogP contribution in [0.4, 0.5) is 68.8 Å². The molecule has 24 rings (SSSR count). The first kappa shape index (κ1) is 91.6. The summed E-state index contributed by atoms with van der Waals surface area (Å²) < 4.78 is 42.4. The van der Waals surface area contributed by atoms with Crippen molar-refractivity contribution in [3.8, 4) is 74.3 Å². The van der Waals surface area contributed by atoms with Gasteiger partial charge in [0, 0.05) is 294 Å². The van der Waals surface area contributed by atoms with E-state index in [4.69, 9.17) is 48.4 Å². The van der Waals surface area contributed by atoms with Gasteiger partial charge in [0.15, 0.2) is 45.9 Å². The molecule has 720 valence electrons. The Morgan fingerprint density at radius 2 is 0.743 bits per heavy atom. The monoisotopic (exact) mass is 1880 g/mol. The molecule has 4 fully saturated rings. The van der Waals surface area contributed by atoms with E-state index in [1.807, 2.05) is 98.0 Å². The lowest BCUT2D eigenvalue weighted by atomic mass is 10.1. The van der Waals surface area contributed by atoms with Crippen LogP contribution in [-0.4, -0.2) is 275 Å². The highest BCUT2D eigenvalue weighted by Gasteiger charge is 2.28. The number of aromatic nitrogens is 16. The maximum absolute atomic E-state index is 5.93. The van der Waals surface area contributed by atoms with Gasteiger partial charge in [-0.15, -0.1) is 0 Å². The van der Waals surface area contributed by atoms with E-state index in [0.29, 0.717) is 17.7 Å². The Balaban J connectivity index is 0.000000111. The number of nitrogens with one attached hydrogen (secondary N) is 4. The molecule has 4 aromatic carbocycles. The molecule has 34 nitrogen and oxygen atoms in total. The van der Waals surface area contributed by atoms with E-state index in [1.165, 1.54) is 17.1 Å². The van der Waals surface area contributed by atoms with E-state index in [1.54, 1.807) is 31.9 Å². The molecule has 4 saturated heterocycles. The molecule has 0 aliphatic carbocycles. The van der Waals surface area contributed by atoms with Crippen LogP contribution < -0.4 is 64.6 Å². The van der Waals surface area contributed by atoms with Crippen molar-refractivity contribution in [3.05, 3.63) is 237 Å². The quantitative estimate of drug-likeness (QED) is 0.0519. The molecule has 8 aliphatic heterocycles.